The van der Waals surface area contributed by atoms with E-state index < -0.39 is 0 Å². The topological polar surface area (TPSA) is 36.4 Å². The van der Waals surface area contributed by atoms with E-state index in [0.717, 1.165) is 38.3 Å². The zero-order valence-electron chi connectivity index (χ0n) is 13.9. The molecule has 118 valence electrons. The fourth-order valence-electron chi connectivity index (χ4n) is 3.50. The number of hydrogen-bond donors (Lipinski definition) is 1. The van der Waals surface area contributed by atoms with Crippen LogP contribution in [0.15, 0.2) is 24.5 Å². The SMILES string of the molecule is CN(Cc1cccnc1)CC1CC(C(C)(C)C)CCC1O. The minimum Gasteiger partial charge on any atom is -0.393 e. The molecule has 2 rings (SSSR count). The summed E-state index contributed by atoms with van der Waals surface area (Å²) in [5.41, 5.74) is 1.58. The van der Waals surface area contributed by atoms with E-state index in [4.69, 9.17) is 0 Å². The van der Waals surface area contributed by atoms with Gasteiger partial charge in [-0.3, -0.25) is 4.98 Å². The van der Waals surface area contributed by atoms with Crippen molar-refractivity contribution < 1.29 is 5.11 Å². The van der Waals surface area contributed by atoms with Crippen molar-refractivity contribution in [2.75, 3.05) is 13.6 Å². The Bertz CT molecular complexity index is 427. The minimum absolute atomic E-state index is 0.139. The summed E-state index contributed by atoms with van der Waals surface area (Å²) in [6.45, 7) is 8.84. The van der Waals surface area contributed by atoms with Gasteiger partial charge in [0.05, 0.1) is 6.10 Å². The average molecular weight is 290 g/mol. The lowest BCUT2D eigenvalue weighted by atomic mass is 9.68. The third kappa shape index (κ3) is 4.79. The van der Waals surface area contributed by atoms with Gasteiger partial charge in [0.25, 0.3) is 0 Å². The van der Waals surface area contributed by atoms with Crippen LogP contribution in [0.3, 0.4) is 0 Å². The molecule has 1 fully saturated rings. The Hall–Kier alpha value is -0.930. The van der Waals surface area contributed by atoms with E-state index in [-0.39, 0.29) is 6.10 Å². The van der Waals surface area contributed by atoms with E-state index in [2.05, 4.69) is 43.8 Å². The maximum absolute atomic E-state index is 10.3. The van der Waals surface area contributed by atoms with Gasteiger partial charge in [0.2, 0.25) is 0 Å². The first-order valence-corrected chi connectivity index (χ1v) is 8.12. The zero-order chi connectivity index (χ0) is 15.5. The van der Waals surface area contributed by atoms with E-state index >= 15 is 0 Å². The summed E-state index contributed by atoms with van der Waals surface area (Å²) in [5, 5.41) is 10.3. The monoisotopic (exact) mass is 290 g/mol. The molecule has 3 heteroatoms. The van der Waals surface area contributed by atoms with Crippen molar-refractivity contribution >= 4 is 0 Å². The number of aliphatic hydroxyl groups excluding tert-OH is 1. The van der Waals surface area contributed by atoms with Crippen LogP contribution in [-0.4, -0.2) is 34.7 Å². The van der Waals surface area contributed by atoms with Crippen LogP contribution in [0, 0.1) is 17.3 Å². The van der Waals surface area contributed by atoms with Crippen molar-refractivity contribution in [3.63, 3.8) is 0 Å². The van der Waals surface area contributed by atoms with Crippen LogP contribution in [0.5, 0.6) is 0 Å². The van der Waals surface area contributed by atoms with Crippen molar-refractivity contribution in [2.45, 2.75) is 52.7 Å². The van der Waals surface area contributed by atoms with Gasteiger partial charge in [0.1, 0.15) is 0 Å². The second-order valence-corrected chi connectivity index (χ2v) is 7.76. The Morgan fingerprint density at radius 1 is 1.33 bits per heavy atom. The highest BCUT2D eigenvalue weighted by molar-refractivity contribution is 5.08. The third-order valence-electron chi connectivity index (χ3n) is 4.89. The summed E-state index contributed by atoms with van der Waals surface area (Å²) in [4.78, 5) is 6.48. The minimum atomic E-state index is -0.139. The number of nitrogens with zero attached hydrogens (tertiary/aromatic N) is 2. The molecule has 3 unspecified atom stereocenters. The molecule has 21 heavy (non-hydrogen) atoms. The highest BCUT2D eigenvalue weighted by atomic mass is 16.3. The molecule has 1 aliphatic carbocycles. The number of aromatic nitrogens is 1. The second-order valence-electron chi connectivity index (χ2n) is 7.76. The molecule has 0 saturated heterocycles. The molecule has 3 atom stereocenters. The molecule has 0 aromatic carbocycles. The molecule has 3 nitrogen and oxygen atoms in total. The van der Waals surface area contributed by atoms with Crippen molar-refractivity contribution in [2.24, 2.45) is 17.3 Å². The number of rotatable bonds is 4. The Kier molecular flexibility index (Phi) is 5.39. The lowest BCUT2D eigenvalue weighted by Gasteiger charge is -2.41. The maximum Gasteiger partial charge on any atom is 0.0580 e. The number of aliphatic hydroxyl groups is 1. The van der Waals surface area contributed by atoms with Crippen molar-refractivity contribution in [1.29, 1.82) is 0 Å². The zero-order valence-corrected chi connectivity index (χ0v) is 13.9. The van der Waals surface area contributed by atoms with E-state index in [0.29, 0.717) is 11.3 Å². The predicted molar refractivity (Wildman–Crippen MR) is 86.9 cm³/mol. The summed E-state index contributed by atoms with van der Waals surface area (Å²) in [7, 11) is 2.14. The van der Waals surface area contributed by atoms with Gasteiger partial charge in [-0.05, 0) is 55.2 Å². The summed E-state index contributed by atoms with van der Waals surface area (Å²) in [5.74, 6) is 1.11. The summed E-state index contributed by atoms with van der Waals surface area (Å²) >= 11 is 0. The maximum atomic E-state index is 10.3. The lowest BCUT2D eigenvalue weighted by Crippen LogP contribution is -2.40. The van der Waals surface area contributed by atoms with E-state index in [1.807, 2.05) is 18.5 Å². The first kappa shape index (κ1) is 16.4. The molecule has 0 bridgehead atoms. The third-order valence-corrected chi connectivity index (χ3v) is 4.89. The molecule has 0 radical (unpaired) electrons. The quantitative estimate of drug-likeness (QED) is 0.924. The molecule has 0 amide bonds. The molecule has 0 aliphatic heterocycles. The number of hydrogen-bond acceptors (Lipinski definition) is 3. The van der Waals surface area contributed by atoms with Gasteiger partial charge in [0.15, 0.2) is 0 Å². The van der Waals surface area contributed by atoms with E-state index in [1.165, 1.54) is 5.56 Å². The highest BCUT2D eigenvalue weighted by Gasteiger charge is 2.35. The standard InChI is InChI=1S/C18H30N2O/c1-18(2,3)16-7-8-17(21)15(10-16)13-20(4)12-14-6-5-9-19-11-14/h5-6,9,11,15-17,21H,7-8,10,12-13H2,1-4H3. The first-order chi connectivity index (χ1) is 9.86. The average Bonchev–Trinajstić information content (AvgIpc) is 2.41. The van der Waals surface area contributed by atoms with Crippen LogP contribution < -0.4 is 0 Å². The summed E-state index contributed by atoms with van der Waals surface area (Å²) < 4.78 is 0. The Morgan fingerprint density at radius 3 is 2.71 bits per heavy atom. The molecule has 1 aromatic heterocycles. The van der Waals surface area contributed by atoms with E-state index in [9.17, 15) is 5.11 Å². The molecule has 1 N–H and O–H groups in total. The van der Waals surface area contributed by atoms with E-state index in [1.54, 1.807) is 0 Å². The molecule has 0 spiro atoms. The van der Waals surface area contributed by atoms with Gasteiger partial charge in [-0.2, -0.15) is 0 Å². The van der Waals surface area contributed by atoms with Crippen LogP contribution in [0.4, 0.5) is 0 Å². The summed E-state index contributed by atoms with van der Waals surface area (Å²) in [6.07, 6.45) is 6.84. The van der Waals surface area contributed by atoms with Crippen molar-refractivity contribution in [3.05, 3.63) is 30.1 Å². The van der Waals surface area contributed by atoms with Crippen molar-refractivity contribution in [1.82, 2.24) is 9.88 Å². The van der Waals surface area contributed by atoms with Crippen LogP contribution in [-0.2, 0) is 6.54 Å². The van der Waals surface area contributed by atoms with Crippen LogP contribution in [0.1, 0.15) is 45.6 Å². The predicted octanol–water partition coefficient (Wildman–Crippen LogP) is 3.34. The van der Waals surface area contributed by atoms with Gasteiger partial charge in [-0.1, -0.05) is 26.8 Å². The fraction of sp³-hybridized carbons (Fsp3) is 0.722. The molecule has 1 heterocycles. The Morgan fingerprint density at radius 2 is 2.10 bits per heavy atom. The van der Waals surface area contributed by atoms with Crippen LogP contribution >= 0.6 is 0 Å². The molecule has 1 aliphatic rings. The van der Waals surface area contributed by atoms with Gasteiger partial charge in [-0.15, -0.1) is 0 Å². The fourth-order valence-corrected chi connectivity index (χ4v) is 3.50. The van der Waals surface area contributed by atoms with Gasteiger partial charge < -0.3 is 10.0 Å². The summed E-state index contributed by atoms with van der Waals surface area (Å²) in [6, 6.07) is 4.09. The number of pyridine rings is 1. The normalized spacial score (nSPS) is 27.0. The first-order valence-electron chi connectivity index (χ1n) is 8.12. The second kappa shape index (κ2) is 6.89. The van der Waals surface area contributed by atoms with Crippen molar-refractivity contribution in [3.8, 4) is 0 Å². The Balaban J connectivity index is 1.91. The van der Waals surface area contributed by atoms with Gasteiger partial charge >= 0.3 is 0 Å². The molecule has 1 saturated carbocycles. The smallest absolute Gasteiger partial charge is 0.0580 e. The lowest BCUT2D eigenvalue weighted by molar-refractivity contribution is 0.00559. The molecule has 1 aromatic rings. The largest absolute Gasteiger partial charge is 0.393 e. The Labute approximate surface area is 129 Å². The van der Waals surface area contributed by atoms with Gasteiger partial charge in [-0.25, -0.2) is 0 Å². The molecular formula is C18H30N2O. The molecular weight excluding hydrogens is 260 g/mol. The van der Waals surface area contributed by atoms with Gasteiger partial charge in [0, 0.05) is 25.5 Å². The highest BCUT2D eigenvalue weighted by Crippen LogP contribution is 2.40. The van der Waals surface area contributed by atoms with Crippen LogP contribution in [0.25, 0.3) is 0 Å². The van der Waals surface area contributed by atoms with Crippen LogP contribution in [0.2, 0.25) is 0 Å².